The molecule has 5 rings (SSSR count). The van der Waals surface area contributed by atoms with E-state index >= 15 is 0 Å². The lowest BCUT2D eigenvalue weighted by molar-refractivity contribution is -0.254. The summed E-state index contributed by atoms with van der Waals surface area (Å²) in [6.07, 6.45) is -1.91. The summed E-state index contributed by atoms with van der Waals surface area (Å²) < 4.78 is 42.2. The minimum absolute atomic E-state index is 0.214. The zero-order valence-corrected chi connectivity index (χ0v) is 17.2. The number of fused-ring (bicyclic) bond motifs is 3. The minimum atomic E-state index is -0.746. The molecule has 28 heavy (non-hydrogen) atoms. The highest BCUT2D eigenvalue weighted by Crippen LogP contribution is 2.46. The molecule has 7 atom stereocenters. The van der Waals surface area contributed by atoms with Crippen molar-refractivity contribution in [3.05, 3.63) is 0 Å². The van der Waals surface area contributed by atoms with Crippen LogP contribution in [0.3, 0.4) is 0 Å². The average Bonchev–Trinajstić information content (AvgIpc) is 3.29. The van der Waals surface area contributed by atoms with Crippen LogP contribution in [0.4, 0.5) is 0 Å². The Bertz CT molecular complexity index is 677. The third kappa shape index (κ3) is 3.27. The van der Waals surface area contributed by atoms with Crippen molar-refractivity contribution in [2.45, 2.75) is 108 Å². The van der Waals surface area contributed by atoms with Crippen LogP contribution in [0.5, 0.6) is 0 Å². The molecule has 5 aliphatic rings. The normalized spacial score (nSPS) is 48.1. The molecule has 9 nitrogen and oxygen atoms in total. The van der Waals surface area contributed by atoms with Crippen molar-refractivity contribution in [1.29, 1.82) is 0 Å². The average molecular weight is 399 g/mol. The van der Waals surface area contributed by atoms with Gasteiger partial charge in [-0.25, -0.2) is 0 Å². The minimum Gasteiger partial charge on any atom is -0.389 e. The fraction of sp³-hybridized carbons (Fsp3) is 0.947. The summed E-state index contributed by atoms with van der Waals surface area (Å²) in [7, 11) is 0. The predicted octanol–water partition coefficient (Wildman–Crippen LogP) is 1.68. The predicted molar refractivity (Wildman–Crippen MR) is 94.4 cm³/mol. The standard InChI is InChI=1S/C19H29NO8/c1-17(2)21-8-11(23-17)9-7-10(28-20-9)12-13-14(25-18(3,4)24-13)15-16(22-12)27-19(5,6)26-15/h10-16H,7-8H2,1-6H3/t10-,11+,12+,13-,14-,15+,16+/m0/s1. The molecule has 5 heterocycles. The van der Waals surface area contributed by atoms with Crippen LogP contribution in [0.2, 0.25) is 0 Å². The van der Waals surface area contributed by atoms with Crippen molar-refractivity contribution >= 4 is 5.71 Å². The van der Waals surface area contributed by atoms with E-state index in [4.69, 9.17) is 38.0 Å². The van der Waals surface area contributed by atoms with Crippen molar-refractivity contribution in [2.24, 2.45) is 5.16 Å². The number of oxime groups is 1. The van der Waals surface area contributed by atoms with E-state index in [1.807, 2.05) is 41.5 Å². The Kier molecular flexibility index (Phi) is 4.18. The summed E-state index contributed by atoms with van der Waals surface area (Å²) in [6, 6.07) is 0. The molecular weight excluding hydrogens is 370 g/mol. The summed E-state index contributed by atoms with van der Waals surface area (Å²) in [4.78, 5) is 5.76. The highest BCUT2D eigenvalue weighted by atomic mass is 16.9. The maximum atomic E-state index is 6.27. The van der Waals surface area contributed by atoms with Gasteiger partial charge in [0.05, 0.1) is 12.3 Å². The van der Waals surface area contributed by atoms with Crippen LogP contribution in [0.25, 0.3) is 0 Å². The van der Waals surface area contributed by atoms with Gasteiger partial charge in [0, 0.05) is 6.42 Å². The second-order valence-corrected chi connectivity index (χ2v) is 9.38. The SMILES string of the molecule is CC1(C)O[C@@H]2[C@H](O1)[C@H]1OC(C)(C)O[C@H]1O[C@@H]2[C@@H]1CC([C@H]2COC(C)(C)O2)=NO1. The van der Waals surface area contributed by atoms with E-state index in [-0.39, 0.29) is 30.5 Å². The Balaban J connectivity index is 1.33. The van der Waals surface area contributed by atoms with E-state index in [1.165, 1.54) is 0 Å². The van der Waals surface area contributed by atoms with E-state index in [0.717, 1.165) is 5.71 Å². The first-order valence-corrected chi connectivity index (χ1v) is 9.93. The molecule has 0 amide bonds. The lowest BCUT2D eigenvalue weighted by Gasteiger charge is -2.38. The maximum absolute atomic E-state index is 6.27. The van der Waals surface area contributed by atoms with Crippen LogP contribution in [0, 0.1) is 0 Å². The summed E-state index contributed by atoms with van der Waals surface area (Å²) >= 11 is 0. The second-order valence-electron chi connectivity index (χ2n) is 9.38. The quantitative estimate of drug-likeness (QED) is 0.693. The summed E-state index contributed by atoms with van der Waals surface area (Å²) in [6.45, 7) is 11.8. The van der Waals surface area contributed by atoms with Crippen molar-refractivity contribution in [3.63, 3.8) is 0 Å². The van der Waals surface area contributed by atoms with Gasteiger partial charge in [0.2, 0.25) is 0 Å². The Morgan fingerprint density at radius 2 is 1.39 bits per heavy atom. The van der Waals surface area contributed by atoms with Gasteiger partial charge in [-0.15, -0.1) is 0 Å². The van der Waals surface area contributed by atoms with E-state index in [2.05, 4.69) is 5.16 Å². The lowest BCUT2D eigenvalue weighted by Crippen LogP contribution is -2.58. The fourth-order valence-corrected chi connectivity index (χ4v) is 4.58. The van der Waals surface area contributed by atoms with Gasteiger partial charge in [0.15, 0.2) is 29.8 Å². The first-order chi connectivity index (χ1) is 13.0. The molecule has 4 fully saturated rings. The molecule has 0 aliphatic carbocycles. The molecule has 0 aromatic heterocycles. The number of hydrogen-bond acceptors (Lipinski definition) is 9. The smallest absolute Gasteiger partial charge is 0.190 e. The number of ether oxygens (including phenoxy) is 7. The van der Waals surface area contributed by atoms with Crippen molar-refractivity contribution < 1.29 is 38.0 Å². The third-order valence-electron chi connectivity index (χ3n) is 5.65. The second kappa shape index (κ2) is 6.10. The molecule has 0 N–H and O–H groups in total. The van der Waals surface area contributed by atoms with E-state index < -0.39 is 29.8 Å². The van der Waals surface area contributed by atoms with Gasteiger partial charge in [-0.05, 0) is 41.5 Å². The van der Waals surface area contributed by atoms with Gasteiger partial charge in [0.25, 0.3) is 0 Å². The molecule has 0 aromatic rings. The summed E-state index contributed by atoms with van der Waals surface area (Å²) in [5.74, 6) is -2.10. The number of rotatable bonds is 2. The van der Waals surface area contributed by atoms with Gasteiger partial charge in [-0.2, -0.15) is 0 Å². The zero-order chi connectivity index (χ0) is 19.9. The van der Waals surface area contributed by atoms with Crippen molar-refractivity contribution in [2.75, 3.05) is 6.61 Å². The van der Waals surface area contributed by atoms with Gasteiger partial charge >= 0.3 is 0 Å². The number of nitrogens with zero attached hydrogens (tertiary/aromatic N) is 1. The van der Waals surface area contributed by atoms with Gasteiger partial charge in [-0.3, -0.25) is 0 Å². The van der Waals surface area contributed by atoms with Crippen LogP contribution >= 0.6 is 0 Å². The van der Waals surface area contributed by atoms with E-state index in [0.29, 0.717) is 13.0 Å². The van der Waals surface area contributed by atoms with Crippen LogP contribution in [0.15, 0.2) is 5.16 Å². The van der Waals surface area contributed by atoms with Crippen LogP contribution < -0.4 is 0 Å². The summed E-state index contributed by atoms with van der Waals surface area (Å²) in [5.41, 5.74) is 0.819. The Morgan fingerprint density at radius 1 is 0.750 bits per heavy atom. The summed E-state index contributed by atoms with van der Waals surface area (Å²) in [5, 5.41) is 4.27. The molecule has 0 spiro atoms. The van der Waals surface area contributed by atoms with Crippen molar-refractivity contribution in [1.82, 2.24) is 0 Å². The topological polar surface area (TPSA) is 86.2 Å². The molecular formula is C19H29NO8. The Hall–Kier alpha value is -0.810. The molecule has 4 saturated heterocycles. The first kappa shape index (κ1) is 19.2. The van der Waals surface area contributed by atoms with Crippen LogP contribution in [-0.4, -0.2) is 72.6 Å². The van der Waals surface area contributed by atoms with Gasteiger partial charge in [0.1, 0.15) is 30.5 Å². The molecule has 5 aliphatic heterocycles. The molecule has 9 heteroatoms. The van der Waals surface area contributed by atoms with E-state index in [1.54, 1.807) is 0 Å². The van der Waals surface area contributed by atoms with Gasteiger partial charge < -0.3 is 38.0 Å². The molecule has 158 valence electrons. The van der Waals surface area contributed by atoms with Crippen LogP contribution in [-0.2, 0) is 38.0 Å². The maximum Gasteiger partial charge on any atom is 0.190 e. The Labute approximate surface area is 164 Å². The van der Waals surface area contributed by atoms with Gasteiger partial charge in [-0.1, -0.05) is 5.16 Å². The molecule has 0 aromatic carbocycles. The van der Waals surface area contributed by atoms with Crippen molar-refractivity contribution in [3.8, 4) is 0 Å². The Morgan fingerprint density at radius 3 is 2.07 bits per heavy atom. The highest BCUT2D eigenvalue weighted by Gasteiger charge is 2.62. The van der Waals surface area contributed by atoms with Crippen LogP contribution in [0.1, 0.15) is 48.0 Å². The molecule has 0 radical (unpaired) electrons. The molecule has 0 saturated carbocycles. The molecule has 0 bridgehead atoms. The monoisotopic (exact) mass is 399 g/mol. The van der Waals surface area contributed by atoms with E-state index in [9.17, 15) is 0 Å². The third-order valence-corrected chi connectivity index (χ3v) is 5.65. The first-order valence-electron chi connectivity index (χ1n) is 9.93. The highest BCUT2D eigenvalue weighted by molar-refractivity contribution is 5.90. The molecule has 0 unspecified atom stereocenters. The zero-order valence-electron chi connectivity index (χ0n) is 17.2. The lowest BCUT2D eigenvalue weighted by atomic mass is 9.93. The fourth-order valence-electron chi connectivity index (χ4n) is 4.58. The largest absolute Gasteiger partial charge is 0.389 e. The number of hydrogen-bond donors (Lipinski definition) is 0.